The zero-order valence-electron chi connectivity index (χ0n) is 17.5. The number of ether oxygens (including phenoxy) is 1. The number of morpholine rings is 1. The fraction of sp³-hybridized carbons (Fsp3) is 0.348. The van der Waals surface area contributed by atoms with E-state index in [-0.39, 0.29) is 17.5 Å². The molecular weight excluding hydrogens is 380 g/mol. The van der Waals surface area contributed by atoms with Crippen LogP contribution in [0.4, 0.5) is 0 Å². The van der Waals surface area contributed by atoms with Crippen molar-refractivity contribution in [2.45, 2.75) is 26.4 Å². The van der Waals surface area contributed by atoms with E-state index in [1.54, 1.807) is 19.2 Å². The van der Waals surface area contributed by atoms with E-state index in [1.165, 1.54) is 16.2 Å². The number of hydrogen-bond acceptors (Lipinski definition) is 4. The molecule has 1 fully saturated rings. The normalized spacial score (nSPS) is 16.6. The molecule has 1 amide bonds. The molecule has 1 atom stereocenters. The largest absolute Gasteiger partial charge is 0.377 e. The molecule has 3 heterocycles. The van der Waals surface area contributed by atoms with Gasteiger partial charge in [-0.1, -0.05) is 36.4 Å². The Labute approximate surface area is 175 Å². The van der Waals surface area contributed by atoms with Crippen LogP contribution in [0.2, 0.25) is 0 Å². The molecule has 7 nitrogen and oxygen atoms in total. The Morgan fingerprint density at radius 3 is 2.67 bits per heavy atom. The van der Waals surface area contributed by atoms with E-state index < -0.39 is 0 Å². The van der Waals surface area contributed by atoms with Crippen LogP contribution in [-0.2, 0) is 18.3 Å². The monoisotopic (exact) mass is 406 g/mol. The highest BCUT2D eigenvalue weighted by Crippen LogP contribution is 2.31. The van der Waals surface area contributed by atoms with Crippen molar-refractivity contribution < 1.29 is 9.53 Å². The van der Waals surface area contributed by atoms with Gasteiger partial charge in [-0.2, -0.15) is 5.10 Å². The van der Waals surface area contributed by atoms with Crippen molar-refractivity contribution >= 4 is 5.91 Å². The Morgan fingerprint density at radius 2 is 1.90 bits per heavy atom. The number of carbonyl (C=O) groups is 1. The van der Waals surface area contributed by atoms with E-state index in [0.717, 1.165) is 17.0 Å². The Kier molecular flexibility index (Phi) is 5.55. The fourth-order valence-electron chi connectivity index (χ4n) is 4.12. The van der Waals surface area contributed by atoms with Crippen molar-refractivity contribution in [1.82, 2.24) is 19.2 Å². The second kappa shape index (κ2) is 8.28. The fourth-order valence-corrected chi connectivity index (χ4v) is 4.12. The summed E-state index contributed by atoms with van der Waals surface area (Å²) in [5, 5.41) is 4.75. The lowest BCUT2D eigenvalue weighted by molar-refractivity contribution is -0.00362. The average molecular weight is 406 g/mol. The summed E-state index contributed by atoms with van der Waals surface area (Å²) in [6.45, 7) is 6.02. The summed E-state index contributed by atoms with van der Waals surface area (Å²) in [5.41, 5.74) is 4.27. The van der Waals surface area contributed by atoms with E-state index in [2.05, 4.69) is 12.1 Å². The van der Waals surface area contributed by atoms with Crippen molar-refractivity contribution in [2.75, 3.05) is 19.8 Å². The van der Waals surface area contributed by atoms with E-state index in [9.17, 15) is 9.59 Å². The Morgan fingerprint density at radius 1 is 1.13 bits per heavy atom. The van der Waals surface area contributed by atoms with Crippen LogP contribution in [0.25, 0.3) is 0 Å². The maximum absolute atomic E-state index is 13.4. The molecule has 0 radical (unpaired) electrons. The van der Waals surface area contributed by atoms with Crippen molar-refractivity contribution in [1.29, 1.82) is 0 Å². The number of aryl methyl sites for hydroxylation is 1. The van der Waals surface area contributed by atoms with E-state index in [4.69, 9.17) is 9.84 Å². The summed E-state index contributed by atoms with van der Waals surface area (Å²) in [6, 6.07) is 14.7. The lowest BCUT2D eigenvalue weighted by Crippen LogP contribution is -2.45. The molecular formula is C23H26N4O3. The first kappa shape index (κ1) is 20.1. The number of rotatable bonds is 4. The lowest BCUT2D eigenvalue weighted by Gasteiger charge is -2.36. The molecule has 7 heteroatoms. The van der Waals surface area contributed by atoms with Gasteiger partial charge in [-0.15, -0.1) is 0 Å². The zero-order valence-corrected chi connectivity index (χ0v) is 17.5. The summed E-state index contributed by atoms with van der Waals surface area (Å²) in [4.78, 5) is 27.2. The summed E-state index contributed by atoms with van der Waals surface area (Å²) in [5.74, 6) is -0.168. The van der Waals surface area contributed by atoms with Crippen molar-refractivity contribution in [3.63, 3.8) is 0 Å². The van der Waals surface area contributed by atoms with Crippen LogP contribution >= 0.6 is 0 Å². The van der Waals surface area contributed by atoms with Gasteiger partial charge in [0.15, 0.2) is 0 Å². The zero-order chi connectivity index (χ0) is 21.3. The van der Waals surface area contributed by atoms with Crippen LogP contribution in [0.1, 0.15) is 39.0 Å². The van der Waals surface area contributed by atoms with Gasteiger partial charge >= 0.3 is 0 Å². The van der Waals surface area contributed by atoms with Gasteiger partial charge in [0.05, 0.1) is 31.5 Å². The predicted molar refractivity (Wildman–Crippen MR) is 114 cm³/mol. The number of nitrogens with zero attached hydrogens (tertiary/aromatic N) is 4. The quantitative estimate of drug-likeness (QED) is 0.667. The second-order valence-electron chi connectivity index (χ2n) is 7.63. The standard InChI is InChI=1S/C23H26N4O3/c1-16-22(17(2)27(24-16)14-18-8-5-4-6-9-18)20-15-30-13-12-26(20)23(29)19-10-7-11-21(28)25(19)3/h4-11,20H,12-15H2,1-3H3. The summed E-state index contributed by atoms with van der Waals surface area (Å²) in [6.07, 6.45) is 0. The van der Waals surface area contributed by atoms with Crippen LogP contribution in [0.15, 0.2) is 53.3 Å². The third-order valence-electron chi connectivity index (χ3n) is 5.74. The highest BCUT2D eigenvalue weighted by atomic mass is 16.5. The van der Waals surface area contributed by atoms with Crippen LogP contribution in [0, 0.1) is 13.8 Å². The van der Waals surface area contributed by atoms with Crippen molar-refractivity contribution in [3.05, 3.63) is 87.1 Å². The molecule has 1 aliphatic rings. The molecule has 0 N–H and O–H groups in total. The van der Waals surface area contributed by atoms with E-state index in [1.807, 2.05) is 41.6 Å². The van der Waals surface area contributed by atoms with Gasteiger partial charge in [-0.25, -0.2) is 0 Å². The molecule has 3 aromatic rings. The molecule has 0 bridgehead atoms. The first-order valence-electron chi connectivity index (χ1n) is 10.1. The van der Waals surface area contributed by atoms with E-state index >= 15 is 0 Å². The van der Waals surface area contributed by atoms with Gasteiger partial charge in [0.25, 0.3) is 11.5 Å². The first-order valence-corrected chi connectivity index (χ1v) is 10.1. The average Bonchev–Trinajstić information content (AvgIpc) is 3.03. The maximum Gasteiger partial charge on any atom is 0.271 e. The Hall–Kier alpha value is -3.19. The molecule has 30 heavy (non-hydrogen) atoms. The summed E-state index contributed by atoms with van der Waals surface area (Å²) >= 11 is 0. The molecule has 2 aromatic heterocycles. The lowest BCUT2D eigenvalue weighted by atomic mass is 10.0. The molecule has 0 saturated carbocycles. The molecule has 1 unspecified atom stereocenters. The third kappa shape index (κ3) is 3.68. The first-order chi connectivity index (χ1) is 14.5. The summed E-state index contributed by atoms with van der Waals surface area (Å²) < 4.78 is 9.12. The number of pyridine rings is 1. The number of aromatic nitrogens is 3. The Balaban J connectivity index is 1.69. The Bertz CT molecular complexity index is 1120. The molecule has 4 rings (SSSR count). The van der Waals surface area contributed by atoms with Crippen LogP contribution < -0.4 is 5.56 Å². The molecule has 1 aliphatic heterocycles. The van der Waals surface area contributed by atoms with E-state index in [0.29, 0.717) is 32.0 Å². The molecule has 0 aliphatic carbocycles. The molecule has 0 spiro atoms. The molecule has 1 aromatic carbocycles. The van der Waals surface area contributed by atoms with Gasteiger partial charge in [0.1, 0.15) is 5.69 Å². The topological polar surface area (TPSA) is 69.4 Å². The molecule has 156 valence electrons. The van der Waals surface area contributed by atoms with Crippen molar-refractivity contribution in [3.8, 4) is 0 Å². The van der Waals surface area contributed by atoms with Gasteiger partial charge in [-0.05, 0) is 25.5 Å². The van der Waals surface area contributed by atoms with Gasteiger partial charge in [-0.3, -0.25) is 14.3 Å². The number of hydrogen-bond donors (Lipinski definition) is 0. The minimum absolute atomic E-state index is 0.168. The van der Waals surface area contributed by atoms with Gasteiger partial charge in [0.2, 0.25) is 0 Å². The minimum Gasteiger partial charge on any atom is -0.377 e. The second-order valence-corrected chi connectivity index (χ2v) is 7.63. The van der Waals surface area contributed by atoms with Crippen molar-refractivity contribution in [2.24, 2.45) is 7.05 Å². The van der Waals surface area contributed by atoms with Crippen LogP contribution in [-0.4, -0.2) is 44.9 Å². The highest BCUT2D eigenvalue weighted by molar-refractivity contribution is 5.93. The smallest absolute Gasteiger partial charge is 0.271 e. The number of benzene rings is 1. The minimum atomic E-state index is -0.244. The van der Waals surface area contributed by atoms with Gasteiger partial charge < -0.3 is 14.2 Å². The van der Waals surface area contributed by atoms with Crippen LogP contribution in [0.3, 0.4) is 0 Å². The van der Waals surface area contributed by atoms with Crippen LogP contribution in [0.5, 0.6) is 0 Å². The maximum atomic E-state index is 13.4. The summed E-state index contributed by atoms with van der Waals surface area (Å²) in [7, 11) is 1.62. The third-order valence-corrected chi connectivity index (χ3v) is 5.74. The number of amides is 1. The van der Waals surface area contributed by atoms with Gasteiger partial charge in [0, 0.05) is 30.9 Å². The predicted octanol–water partition coefficient (Wildman–Crippen LogP) is 2.46. The highest BCUT2D eigenvalue weighted by Gasteiger charge is 2.34. The number of carbonyl (C=O) groups excluding carboxylic acids is 1. The SMILES string of the molecule is Cc1nn(Cc2ccccc2)c(C)c1C1COCCN1C(=O)c1cccc(=O)n1C. The molecule has 1 saturated heterocycles.